The van der Waals surface area contributed by atoms with Crippen LogP contribution in [0.4, 0.5) is 5.69 Å². The van der Waals surface area contributed by atoms with E-state index < -0.39 is 5.97 Å². The predicted molar refractivity (Wildman–Crippen MR) is 90.6 cm³/mol. The second-order valence-electron chi connectivity index (χ2n) is 5.60. The minimum Gasteiger partial charge on any atom is -0.507 e. The van der Waals surface area contributed by atoms with Crippen LogP contribution in [-0.4, -0.2) is 23.6 Å². The Morgan fingerprint density at radius 3 is 2.57 bits per heavy atom. The van der Waals surface area contributed by atoms with Gasteiger partial charge < -0.3 is 15.2 Å². The number of phenolic OH excluding ortho intramolecular Hbond substituents is 1. The van der Waals surface area contributed by atoms with Crippen molar-refractivity contribution in [2.45, 2.75) is 52.9 Å². The zero-order valence-corrected chi connectivity index (χ0v) is 14.2. The van der Waals surface area contributed by atoms with Gasteiger partial charge in [0.25, 0.3) is 0 Å². The molecule has 0 saturated heterocycles. The number of carbonyl (C=O) groups is 2. The van der Waals surface area contributed by atoms with E-state index in [0.717, 1.165) is 25.7 Å². The number of phenols is 1. The quantitative estimate of drug-likeness (QED) is 0.530. The molecule has 1 rings (SSSR count). The number of nitrogens with one attached hydrogen (secondary N) is 1. The maximum absolute atomic E-state index is 12.3. The predicted octanol–water partition coefficient (Wildman–Crippen LogP) is 4.11. The standard InChI is InChI=1S/C18H27NO4/c1-4-7-8-13(6-3)17(21)19-14-9-10-16(20)15(12-14)18(22)23-11-5-2/h9-10,12-13,20H,4-8,11H2,1-3H3,(H,19,21). The Kier molecular flexibility index (Phi) is 8.16. The number of amides is 1. The van der Waals surface area contributed by atoms with Crippen molar-refractivity contribution in [3.8, 4) is 5.75 Å². The lowest BCUT2D eigenvalue weighted by Gasteiger charge is -2.15. The number of rotatable bonds is 9. The average molecular weight is 321 g/mol. The van der Waals surface area contributed by atoms with Crippen LogP contribution in [0.1, 0.15) is 63.2 Å². The number of benzene rings is 1. The molecule has 1 amide bonds. The molecule has 1 atom stereocenters. The number of hydrogen-bond donors (Lipinski definition) is 2. The van der Waals surface area contributed by atoms with Gasteiger partial charge in [0.2, 0.25) is 5.91 Å². The highest BCUT2D eigenvalue weighted by Gasteiger charge is 2.18. The zero-order valence-electron chi connectivity index (χ0n) is 14.2. The van der Waals surface area contributed by atoms with Gasteiger partial charge in [0, 0.05) is 11.6 Å². The first kappa shape index (κ1) is 19.0. The van der Waals surface area contributed by atoms with Gasteiger partial charge in [0.1, 0.15) is 11.3 Å². The van der Waals surface area contributed by atoms with Crippen LogP contribution in [0.3, 0.4) is 0 Å². The summed E-state index contributed by atoms with van der Waals surface area (Å²) < 4.78 is 5.03. The molecule has 0 aliphatic heterocycles. The lowest BCUT2D eigenvalue weighted by Crippen LogP contribution is -2.22. The van der Waals surface area contributed by atoms with Gasteiger partial charge >= 0.3 is 5.97 Å². The summed E-state index contributed by atoms with van der Waals surface area (Å²) in [5.41, 5.74) is 0.559. The van der Waals surface area contributed by atoms with Crippen LogP contribution >= 0.6 is 0 Å². The van der Waals surface area contributed by atoms with Crippen molar-refractivity contribution in [1.82, 2.24) is 0 Å². The second kappa shape index (κ2) is 9.87. The van der Waals surface area contributed by atoms with E-state index in [1.165, 1.54) is 12.1 Å². The van der Waals surface area contributed by atoms with Crippen molar-refractivity contribution in [3.63, 3.8) is 0 Å². The van der Waals surface area contributed by atoms with Gasteiger partial charge in [-0.1, -0.05) is 33.6 Å². The van der Waals surface area contributed by atoms with Crippen LogP contribution in [0.25, 0.3) is 0 Å². The number of anilines is 1. The third-order valence-corrected chi connectivity index (χ3v) is 3.69. The molecule has 2 N–H and O–H groups in total. The normalized spacial score (nSPS) is 11.8. The van der Waals surface area contributed by atoms with Gasteiger partial charge in [-0.15, -0.1) is 0 Å². The Labute approximate surface area is 138 Å². The third-order valence-electron chi connectivity index (χ3n) is 3.69. The molecule has 0 bridgehead atoms. The van der Waals surface area contributed by atoms with Crippen molar-refractivity contribution in [2.24, 2.45) is 5.92 Å². The number of ether oxygens (including phenoxy) is 1. The van der Waals surface area contributed by atoms with Crippen LogP contribution in [0, 0.1) is 5.92 Å². The molecule has 1 unspecified atom stereocenters. The van der Waals surface area contributed by atoms with Gasteiger partial charge in [-0.2, -0.15) is 0 Å². The summed E-state index contributed by atoms with van der Waals surface area (Å²) in [6.45, 7) is 6.28. The molecule has 0 radical (unpaired) electrons. The third kappa shape index (κ3) is 5.93. The van der Waals surface area contributed by atoms with Crippen LogP contribution in [0.15, 0.2) is 18.2 Å². The van der Waals surface area contributed by atoms with Crippen molar-refractivity contribution >= 4 is 17.6 Å². The molecule has 23 heavy (non-hydrogen) atoms. The molecule has 5 nitrogen and oxygen atoms in total. The summed E-state index contributed by atoms with van der Waals surface area (Å²) in [6.07, 6.45) is 4.39. The monoisotopic (exact) mass is 321 g/mol. The Bertz CT molecular complexity index is 528. The maximum Gasteiger partial charge on any atom is 0.341 e. The molecular formula is C18H27NO4. The lowest BCUT2D eigenvalue weighted by molar-refractivity contribution is -0.120. The molecule has 0 saturated carbocycles. The first-order valence-electron chi connectivity index (χ1n) is 8.34. The van der Waals surface area contributed by atoms with Crippen LogP contribution < -0.4 is 5.32 Å². The molecule has 0 spiro atoms. The fourth-order valence-corrected chi connectivity index (χ4v) is 2.27. The molecule has 128 valence electrons. The van der Waals surface area contributed by atoms with Crippen LogP contribution in [0.5, 0.6) is 5.75 Å². The Morgan fingerprint density at radius 1 is 1.22 bits per heavy atom. The summed E-state index contributed by atoms with van der Waals surface area (Å²) in [5.74, 6) is -0.834. The van der Waals surface area contributed by atoms with Crippen molar-refractivity contribution in [1.29, 1.82) is 0 Å². The summed E-state index contributed by atoms with van der Waals surface area (Å²) >= 11 is 0. The average Bonchev–Trinajstić information content (AvgIpc) is 2.55. The summed E-state index contributed by atoms with van der Waals surface area (Å²) in [4.78, 5) is 24.2. The molecule has 1 aromatic carbocycles. The van der Waals surface area contributed by atoms with Gasteiger partial charge in [0.15, 0.2) is 0 Å². The second-order valence-corrected chi connectivity index (χ2v) is 5.60. The van der Waals surface area contributed by atoms with Crippen molar-refractivity contribution in [3.05, 3.63) is 23.8 Å². The molecule has 0 aliphatic carbocycles. The van der Waals surface area contributed by atoms with E-state index in [1.54, 1.807) is 6.07 Å². The van der Waals surface area contributed by atoms with E-state index in [1.807, 2.05) is 13.8 Å². The molecule has 0 aliphatic rings. The van der Waals surface area contributed by atoms with E-state index in [9.17, 15) is 14.7 Å². The number of esters is 1. The van der Waals surface area contributed by atoms with E-state index >= 15 is 0 Å². The number of hydrogen-bond acceptors (Lipinski definition) is 4. The Hall–Kier alpha value is -2.04. The Balaban J connectivity index is 2.80. The fourth-order valence-electron chi connectivity index (χ4n) is 2.27. The molecule has 0 heterocycles. The summed E-state index contributed by atoms with van der Waals surface area (Å²) in [6, 6.07) is 4.43. The van der Waals surface area contributed by atoms with Crippen LogP contribution in [0.2, 0.25) is 0 Å². The molecule has 0 fully saturated rings. The summed E-state index contributed by atoms with van der Waals surface area (Å²) in [7, 11) is 0. The first-order valence-corrected chi connectivity index (χ1v) is 8.34. The van der Waals surface area contributed by atoms with Gasteiger partial charge in [0.05, 0.1) is 6.61 Å². The molecule has 5 heteroatoms. The van der Waals surface area contributed by atoms with E-state index in [2.05, 4.69) is 12.2 Å². The number of carbonyl (C=O) groups excluding carboxylic acids is 2. The highest BCUT2D eigenvalue weighted by molar-refractivity contribution is 5.97. The Morgan fingerprint density at radius 2 is 1.96 bits per heavy atom. The minimum absolute atomic E-state index is 0.0424. The highest BCUT2D eigenvalue weighted by atomic mass is 16.5. The molecule has 1 aromatic rings. The van der Waals surface area contributed by atoms with Gasteiger partial charge in [-0.25, -0.2) is 4.79 Å². The zero-order chi connectivity index (χ0) is 17.2. The van der Waals surface area contributed by atoms with Gasteiger partial charge in [-0.05, 0) is 37.5 Å². The van der Waals surface area contributed by atoms with E-state index in [4.69, 9.17) is 4.74 Å². The van der Waals surface area contributed by atoms with E-state index in [0.29, 0.717) is 18.7 Å². The summed E-state index contributed by atoms with van der Waals surface area (Å²) in [5, 5.41) is 12.6. The van der Waals surface area contributed by atoms with Gasteiger partial charge in [-0.3, -0.25) is 4.79 Å². The topological polar surface area (TPSA) is 75.6 Å². The highest BCUT2D eigenvalue weighted by Crippen LogP contribution is 2.24. The van der Waals surface area contributed by atoms with E-state index in [-0.39, 0.29) is 23.1 Å². The molecule has 0 aromatic heterocycles. The minimum atomic E-state index is -0.585. The first-order chi connectivity index (χ1) is 11.0. The maximum atomic E-state index is 12.3. The lowest BCUT2D eigenvalue weighted by atomic mass is 9.98. The fraction of sp³-hybridized carbons (Fsp3) is 0.556. The van der Waals surface area contributed by atoms with Crippen molar-refractivity contribution < 1.29 is 19.4 Å². The smallest absolute Gasteiger partial charge is 0.341 e. The van der Waals surface area contributed by atoms with Crippen molar-refractivity contribution in [2.75, 3.05) is 11.9 Å². The number of unbranched alkanes of at least 4 members (excludes halogenated alkanes) is 1. The number of aromatic hydroxyl groups is 1. The largest absolute Gasteiger partial charge is 0.507 e. The van der Waals surface area contributed by atoms with Crippen LogP contribution in [-0.2, 0) is 9.53 Å². The molecular weight excluding hydrogens is 294 g/mol. The SMILES string of the molecule is CCCCC(CC)C(=O)Nc1ccc(O)c(C(=O)OCCC)c1.